The van der Waals surface area contributed by atoms with Gasteiger partial charge in [-0.3, -0.25) is 4.90 Å². The van der Waals surface area contributed by atoms with Crippen molar-refractivity contribution in [3.63, 3.8) is 0 Å². The first kappa shape index (κ1) is 14.6. The minimum absolute atomic E-state index is 0.0468. The third-order valence-electron chi connectivity index (χ3n) is 6.35. The molecule has 1 unspecified atom stereocenters. The maximum atomic E-state index is 11.4. The van der Waals surface area contributed by atoms with E-state index in [0.29, 0.717) is 5.76 Å². The zero-order valence-corrected chi connectivity index (χ0v) is 14.2. The van der Waals surface area contributed by atoms with Gasteiger partial charge < -0.3 is 19.3 Å². The third kappa shape index (κ3) is 1.67. The van der Waals surface area contributed by atoms with E-state index in [9.17, 15) is 5.11 Å². The van der Waals surface area contributed by atoms with Crippen LogP contribution < -0.4 is 9.47 Å². The highest BCUT2D eigenvalue weighted by molar-refractivity contribution is 5.55. The van der Waals surface area contributed by atoms with Crippen LogP contribution in [0.3, 0.4) is 0 Å². The number of hydrogen-bond donors (Lipinski definition) is 1. The van der Waals surface area contributed by atoms with Gasteiger partial charge in [0.15, 0.2) is 11.5 Å². The van der Waals surface area contributed by atoms with E-state index in [0.717, 1.165) is 43.9 Å². The Hall–Kier alpha value is -1.72. The Labute approximate surface area is 141 Å². The molecule has 4 aliphatic rings. The predicted molar refractivity (Wildman–Crippen MR) is 88.3 cm³/mol. The molecule has 1 aromatic carbocycles. The van der Waals surface area contributed by atoms with Gasteiger partial charge in [-0.1, -0.05) is 0 Å². The second-order valence-corrected chi connectivity index (χ2v) is 7.53. The van der Waals surface area contributed by atoms with Gasteiger partial charge in [0.25, 0.3) is 0 Å². The van der Waals surface area contributed by atoms with Gasteiger partial charge in [0.1, 0.15) is 11.4 Å². The van der Waals surface area contributed by atoms with Crippen LogP contribution in [-0.2, 0) is 11.2 Å². The van der Waals surface area contributed by atoms with Gasteiger partial charge in [-0.05, 0) is 62.1 Å². The number of ether oxygens (including phenoxy) is 3. The van der Waals surface area contributed by atoms with Gasteiger partial charge in [0, 0.05) is 12.5 Å². The van der Waals surface area contributed by atoms with Crippen LogP contribution in [0.15, 0.2) is 24.0 Å². The van der Waals surface area contributed by atoms with Crippen molar-refractivity contribution in [3.8, 4) is 11.5 Å². The number of nitrogens with zero attached hydrogens (tertiary/aromatic N) is 1. The molecule has 0 bridgehead atoms. The Morgan fingerprint density at radius 1 is 1.25 bits per heavy atom. The molecule has 5 nitrogen and oxygen atoms in total. The number of methoxy groups -OCH3 is 1. The van der Waals surface area contributed by atoms with Crippen molar-refractivity contribution >= 4 is 0 Å². The number of rotatable bonds is 1. The minimum Gasteiger partial charge on any atom is -0.498 e. The van der Waals surface area contributed by atoms with Crippen molar-refractivity contribution in [3.05, 3.63) is 35.1 Å². The molecular formula is C19H23NO4. The summed E-state index contributed by atoms with van der Waals surface area (Å²) in [4.78, 5) is 2.53. The molecular weight excluding hydrogens is 306 g/mol. The fraction of sp³-hybridized carbons (Fsp3) is 0.579. The Bertz CT molecular complexity index is 741. The fourth-order valence-electron chi connectivity index (χ4n) is 5.39. The summed E-state index contributed by atoms with van der Waals surface area (Å²) in [7, 11) is 1.65. The fourth-order valence-corrected chi connectivity index (χ4v) is 5.39. The molecule has 3 heterocycles. The molecule has 24 heavy (non-hydrogen) atoms. The molecule has 1 fully saturated rings. The van der Waals surface area contributed by atoms with E-state index in [2.05, 4.69) is 23.1 Å². The highest BCUT2D eigenvalue weighted by Gasteiger charge is 2.61. The molecule has 0 radical (unpaired) electrons. The average molecular weight is 329 g/mol. The summed E-state index contributed by atoms with van der Waals surface area (Å²) >= 11 is 0. The third-order valence-corrected chi connectivity index (χ3v) is 6.35. The van der Waals surface area contributed by atoms with Gasteiger partial charge >= 0.3 is 0 Å². The van der Waals surface area contributed by atoms with Crippen LogP contribution in [0.25, 0.3) is 0 Å². The summed E-state index contributed by atoms with van der Waals surface area (Å²) in [5.74, 6) is 2.25. The maximum absolute atomic E-state index is 11.4. The molecule has 1 aromatic rings. The molecule has 0 amide bonds. The van der Waals surface area contributed by atoms with Crippen molar-refractivity contribution in [1.82, 2.24) is 4.90 Å². The van der Waals surface area contributed by atoms with Crippen LogP contribution in [0.5, 0.6) is 11.5 Å². The number of benzene rings is 1. The van der Waals surface area contributed by atoms with Crippen LogP contribution in [0.4, 0.5) is 0 Å². The highest BCUT2D eigenvalue weighted by Crippen LogP contribution is 2.58. The lowest BCUT2D eigenvalue weighted by atomic mass is 9.73. The highest BCUT2D eigenvalue weighted by atomic mass is 16.7. The second kappa shape index (κ2) is 4.67. The molecule has 0 saturated carbocycles. The van der Waals surface area contributed by atoms with Crippen LogP contribution in [0, 0.1) is 0 Å². The van der Waals surface area contributed by atoms with Gasteiger partial charge in [-0.25, -0.2) is 0 Å². The Morgan fingerprint density at radius 2 is 2.04 bits per heavy atom. The van der Waals surface area contributed by atoms with Crippen molar-refractivity contribution in [2.24, 2.45) is 0 Å². The summed E-state index contributed by atoms with van der Waals surface area (Å²) in [6.45, 7) is 4.23. The topological polar surface area (TPSA) is 51.2 Å². The Kier molecular flexibility index (Phi) is 2.84. The van der Waals surface area contributed by atoms with Gasteiger partial charge in [0.2, 0.25) is 6.79 Å². The van der Waals surface area contributed by atoms with E-state index in [1.54, 1.807) is 7.11 Å². The first-order chi connectivity index (χ1) is 11.6. The minimum atomic E-state index is -1.02. The van der Waals surface area contributed by atoms with Crippen LogP contribution in [-0.4, -0.2) is 48.1 Å². The zero-order valence-electron chi connectivity index (χ0n) is 14.2. The van der Waals surface area contributed by atoms with Crippen LogP contribution >= 0.6 is 0 Å². The van der Waals surface area contributed by atoms with E-state index in [4.69, 9.17) is 14.2 Å². The van der Waals surface area contributed by atoms with E-state index in [1.165, 1.54) is 11.1 Å². The largest absolute Gasteiger partial charge is 0.498 e. The lowest BCUT2D eigenvalue weighted by molar-refractivity contribution is -0.000488. The SMILES string of the molecule is COC1=C[C@]23CCCN2CCc2cc4c(cc2[C@@H]3C1(C)O)OCO4. The van der Waals surface area contributed by atoms with E-state index >= 15 is 0 Å². The van der Waals surface area contributed by atoms with Gasteiger partial charge in [0.05, 0.1) is 12.6 Å². The summed E-state index contributed by atoms with van der Waals surface area (Å²) in [5.41, 5.74) is 1.25. The van der Waals surface area contributed by atoms with Gasteiger partial charge in [-0.2, -0.15) is 0 Å². The number of hydrogen-bond acceptors (Lipinski definition) is 5. The maximum Gasteiger partial charge on any atom is 0.231 e. The van der Waals surface area contributed by atoms with Crippen LogP contribution in [0.2, 0.25) is 0 Å². The Balaban J connectivity index is 1.74. The predicted octanol–water partition coefficient (Wildman–Crippen LogP) is 2.18. The zero-order chi connectivity index (χ0) is 16.5. The molecule has 3 atom stereocenters. The molecule has 1 saturated heterocycles. The molecule has 3 aliphatic heterocycles. The molecule has 1 spiro atoms. The molecule has 5 rings (SSSR count). The molecule has 5 heteroatoms. The summed E-state index contributed by atoms with van der Waals surface area (Å²) in [6.07, 6.45) is 5.36. The van der Waals surface area contributed by atoms with Crippen LogP contribution in [0.1, 0.15) is 36.8 Å². The van der Waals surface area contributed by atoms with E-state index in [-0.39, 0.29) is 18.2 Å². The number of fused-ring (bicyclic) bond motifs is 3. The standard InChI is InChI=1S/C19H23NO4/c1-18(21)16(22-2)10-19-5-3-6-20(19)7-4-12-8-14-15(24-11-23-14)9-13(12)17(18)19/h8-10,17,21H,3-7,11H2,1-2H3/t17-,18?,19+/m1/s1. The van der Waals surface area contributed by atoms with E-state index < -0.39 is 5.60 Å². The van der Waals surface area contributed by atoms with Crippen molar-refractivity contribution in [2.75, 3.05) is 27.0 Å². The molecule has 128 valence electrons. The summed E-state index contributed by atoms with van der Waals surface area (Å²) < 4.78 is 16.8. The lowest BCUT2D eigenvalue weighted by Crippen LogP contribution is -2.49. The molecule has 1 N–H and O–H groups in total. The van der Waals surface area contributed by atoms with Crippen molar-refractivity contribution in [2.45, 2.75) is 43.2 Å². The first-order valence-electron chi connectivity index (χ1n) is 8.73. The normalized spacial score (nSPS) is 36.6. The Morgan fingerprint density at radius 3 is 2.83 bits per heavy atom. The van der Waals surface area contributed by atoms with Crippen molar-refractivity contribution < 1.29 is 19.3 Å². The van der Waals surface area contributed by atoms with Gasteiger partial charge in [-0.15, -0.1) is 0 Å². The summed E-state index contributed by atoms with van der Waals surface area (Å²) in [6, 6.07) is 4.20. The quantitative estimate of drug-likeness (QED) is 0.856. The average Bonchev–Trinajstić information content (AvgIpc) is 3.19. The van der Waals surface area contributed by atoms with Crippen molar-refractivity contribution in [1.29, 1.82) is 0 Å². The lowest BCUT2D eigenvalue weighted by Gasteiger charge is -2.41. The first-order valence-corrected chi connectivity index (χ1v) is 8.73. The number of aliphatic hydroxyl groups is 1. The summed E-state index contributed by atoms with van der Waals surface area (Å²) in [5, 5.41) is 11.4. The smallest absolute Gasteiger partial charge is 0.231 e. The second-order valence-electron chi connectivity index (χ2n) is 7.53. The molecule has 1 aliphatic carbocycles. The monoisotopic (exact) mass is 329 g/mol. The van der Waals surface area contributed by atoms with E-state index in [1.807, 2.05) is 6.92 Å². The molecule has 0 aromatic heterocycles.